The zero-order valence-electron chi connectivity index (χ0n) is 17.2. The monoisotopic (exact) mass is 454 g/mol. The van der Waals surface area contributed by atoms with E-state index in [1.807, 2.05) is 19.9 Å². The third-order valence-electron chi connectivity index (χ3n) is 4.92. The summed E-state index contributed by atoms with van der Waals surface area (Å²) in [4.78, 5) is 28.1. The number of hydrogen-bond acceptors (Lipinski definition) is 7. The second-order valence-corrected chi connectivity index (χ2v) is 9.94. The standard InChI is InChI=1S/C20H26N2O6S2/c1-4-27-19(23)18-15(3)13-17(29-18)22-10-9-21(20(22)24)11-12-28-30(25,26)16-7-5-14(2)6-8-16/h5-8,13,15,18H,4,9-12H2,1-3H3. The number of rotatable bonds is 8. The first kappa shape index (κ1) is 22.6. The van der Waals surface area contributed by atoms with Crippen LogP contribution in [0.25, 0.3) is 0 Å². The molecule has 0 aliphatic carbocycles. The molecule has 0 bridgehead atoms. The van der Waals surface area contributed by atoms with Gasteiger partial charge in [0.25, 0.3) is 10.1 Å². The Labute approximate surface area is 181 Å². The number of allylic oxidation sites excluding steroid dienone is 1. The molecule has 1 saturated heterocycles. The summed E-state index contributed by atoms with van der Waals surface area (Å²) in [7, 11) is -3.86. The van der Waals surface area contributed by atoms with Gasteiger partial charge in [-0.3, -0.25) is 13.9 Å². The number of nitrogens with zero attached hydrogens (tertiary/aromatic N) is 2. The second-order valence-electron chi connectivity index (χ2n) is 7.16. The molecule has 8 nitrogen and oxygen atoms in total. The third kappa shape index (κ3) is 4.98. The fourth-order valence-corrected chi connectivity index (χ4v) is 5.46. The highest BCUT2D eigenvalue weighted by molar-refractivity contribution is 8.04. The molecule has 0 spiro atoms. The summed E-state index contributed by atoms with van der Waals surface area (Å²) in [6.45, 7) is 6.85. The summed E-state index contributed by atoms with van der Waals surface area (Å²) < 4.78 is 34.7. The predicted octanol–water partition coefficient (Wildman–Crippen LogP) is 2.59. The minimum absolute atomic E-state index is 0.0334. The van der Waals surface area contributed by atoms with E-state index in [1.165, 1.54) is 23.9 Å². The Balaban J connectivity index is 1.53. The van der Waals surface area contributed by atoms with Gasteiger partial charge in [-0.2, -0.15) is 8.42 Å². The molecule has 0 aromatic heterocycles. The van der Waals surface area contributed by atoms with Crippen molar-refractivity contribution in [2.75, 3.05) is 32.8 Å². The van der Waals surface area contributed by atoms with Gasteiger partial charge >= 0.3 is 12.0 Å². The molecule has 1 fully saturated rings. The van der Waals surface area contributed by atoms with Crippen LogP contribution in [0.1, 0.15) is 19.4 Å². The lowest BCUT2D eigenvalue weighted by Crippen LogP contribution is -2.33. The van der Waals surface area contributed by atoms with Gasteiger partial charge in [-0.1, -0.05) is 36.4 Å². The van der Waals surface area contributed by atoms with Crippen molar-refractivity contribution in [1.29, 1.82) is 0 Å². The van der Waals surface area contributed by atoms with Gasteiger partial charge in [0.1, 0.15) is 5.25 Å². The zero-order chi connectivity index (χ0) is 21.9. The van der Waals surface area contributed by atoms with Crippen LogP contribution in [0.2, 0.25) is 0 Å². The molecule has 30 heavy (non-hydrogen) atoms. The first-order chi connectivity index (χ1) is 14.2. The van der Waals surface area contributed by atoms with Crippen LogP contribution in [0.5, 0.6) is 0 Å². The molecule has 2 aliphatic heterocycles. The van der Waals surface area contributed by atoms with E-state index in [9.17, 15) is 18.0 Å². The van der Waals surface area contributed by atoms with Gasteiger partial charge in [0.05, 0.1) is 23.1 Å². The Kier molecular flexibility index (Phi) is 7.10. The minimum atomic E-state index is -3.86. The Hall–Kier alpha value is -2.04. The van der Waals surface area contributed by atoms with Crippen molar-refractivity contribution in [3.05, 3.63) is 40.9 Å². The van der Waals surface area contributed by atoms with Gasteiger partial charge < -0.3 is 9.64 Å². The van der Waals surface area contributed by atoms with Crippen molar-refractivity contribution in [2.24, 2.45) is 5.92 Å². The summed E-state index contributed by atoms with van der Waals surface area (Å²) in [6, 6.07) is 6.18. The Bertz CT molecular complexity index is 929. The number of ether oxygens (including phenoxy) is 1. The van der Waals surface area contributed by atoms with Crippen molar-refractivity contribution < 1.29 is 26.9 Å². The van der Waals surface area contributed by atoms with Crippen LogP contribution in [0.3, 0.4) is 0 Å². The van der Waals surface area contributed by atoms with Crippen molar-refractivity contribution in [3.63, 3.8) is 0 Å². The van der Waals surface area contributed by atoms with Crippen LogP contribution in [-0.2, 0) is 23.8 Å². The smallest absolute Gasteiger partial charge is 0.325 e. The Morgan fingerprint density at radius 3 is 2.60 bits per heavy atom. The Morgan fingerprint density at radius 2 is 1.93 bits per heavy atom. The molecule has 0 saturated carbocycles. The van der Waals surface area contributed by atoms with Crippen molar-refractivity contribution in [3.8, 4) is 0 Å². The molecule has 2 heterocycles. The lowest BCUT2D eigenvalue weighted by atomic mass is 10.1. The largest absolute Gasteiger partial charge is 0.465 e. The molecule has 2 unspecified atom stereocenters. The zero-order valence-corrected chi connectivity index (χ0v) is 18.9. The fourth-order valence-electron chi connectivity index (χ4n) is 3.25. The summed E-state index contributed by atoms with van der Waals surface area (Å²) in [5.41, 5.74) is 0.954. The van der Waals surface area contributed by atoms with Gasteiger partial charge in [-0.05, 0) is 38.0 Å². The highest BCUT2D eigenvalue weighted by Crippen LogP contribution is 2.40. The summed E-state index contributed by atoms with van der Waals surface area (Å²) in [5.74, 6) is -0.312. The van der Waals surface area contributed by atoms with E-state index in [0.29, 0.717) is 19.7 Å². The van der Waals surface area contributed by atoms with Crippen LogP contribution in [0, 0.1) is 12.8 Å². The molecular weight excluding hydrogens is 428 g/mol. The van der Waals surface area contributed by atoms with E-state index in [2.05, 4.69) is 0 Å². The van der Waals surface area contributed by atoms with E-state index >= 15 is 0 Å². The average Bonchev–Trinajstić information content (AvgIpc) is 3.25. The maximum atomic E-state index is 12.7. The first-order valence-electron chi connectivity index (χ1n) is 9.80. The lowest BCUT2D eigenvalue weighted by Gasteiger charge is -2.19. The summed E-state index contributed by atoms with van der Waals surface area (Å²) in [6.07, 6.45) is 1.91. The molecular formula is C20H26N2O6S2. The SMILES string of the molecule is CCOC(=O)C1SC(N2CCN(CCOS(=O)(=O)c3ccc(C)cc3)C2=O)=CC1C. The quantitative estimate of drug-likeness (QED) is 0.440. The van der Waals surface area contributed by atoms with Gasteiger partial charge in [-0.15, -0.1) is 0 Å². The van der Waals surface area contributed by atoms with Crippen LogP contribution in [-0.4, -0.2) is 68.3 Å². The van der Waals surface area contributed by atoms with Crippen LogP contribution >= 0.6 is 11.8 Å². The number of esters is 1. The lowest BCUT2D eigenvalue weighted by molar-refractivity contribution is -0.142. The number of hydrogen-bond donors (Lipinski definition) is 0. The topological polar surface area (TPSA) is 93.2 Å². The van der Waals surface area contributed by atoms with Gasteiger partial charge in [-0.25, -0.2) is 4.79 Å². The van der Waals surface area contributed by atoms with E-state index in [-0.39, 0.29) is 41.2 Å². The molecule has 2 amide bonds. The normalized spacial score (nSPS) is 21.8. The molecule has 2 aliphatic rings. The van der Waals surface area contributed by atoms with E-state index in [4.69, 9.17) is 8.92 Å². The molecule has 10 heteroatoms. The number of carbonyl (C=O) groups is 2. The van der Waals surface area contributed by atoms with Gasteiger partial charge in [0.2, 0.25) is 0 Å². The number of thioether (sulfide) groups is 1. The molecule has 1 aromatic rings. The number of aryl methyl sites for hydroxylation is 1. The van der Waals surface area contributed by atoms with Gasteiger partial charge in [0, 0.05) is 19.6 Å². The molecule has 164 valence electrons. The van der Waals surface area contributed by atoms with Gasteiger partial charge in [0.15, 0.2) is 0 Å². The van der Waals surface area contributed by atoms with Crippen LogP contribution < -0.4 is 0 Å². The van der Waals surface area contributed by atoms with E-state index < -0.39 is 10.1 Å². The first-order valence-corrected chi connectivity index (χ1v) is 12.1. The number of benzene rings is 1. The van der Waals surface area contributed by atoms with Crippen LogP contribution in [0.15, 0.2) is 40.3 Å². The van der Waals surface area contributed by atoms with Crippen molar-refractivity contribution >= 4 is 33.9 Å². The van der Waals surface area contributed by atoms with Crippen molar-refractivity contribution in [1.82, 2.24) is 9.80 Å². The maximum Gasteiger partial charge on any atom is 0.325 e. The highest BCUT2D eigenvalue weighted by atomic mass is 32.2. The summed E-state index contributed by atoms with van der Waals surface area (Å²) in [5, 5.41) is 0.381. The summed E-state index contributed by atoms with van der Waals surface area (Å²) >= 11 is 1.33. The third-order valence-corrected chi connectivity index (χ3v) is 7.72. The van der Waals surface area contributed by atoms with Crippen LogP contribution in [0.4, 0.5) is 4.79 Å². The Morgan fingerprint density at radius 1 is 1.23 bits per heavy atom. The molecule has 0 radical (unpaired) electrons. The highest BCUT2D eigenvalue weighted by Gasteiger charge is 2.39. The molecule has 1 aromatic carbocycles. The number of urea groups is 1. The molecule has 2 atom stereocenters. The molecule has 0 N–H and O–H groups in total. The second kappa shape index (κ2) is 9.40. The number of carbonyl (C=O) groups excluding carboxylic acids is 2. The predicted molar refractivity (Wildman–Crippen MR) is 113 cm³/mol. The minimum Gasteiger partial charge on any atom is -0.465 e. The molecule has 3 rings (SSSR count). The average molecular weight is 455 g/mol. The van der Waals surface area contributed by atoms with E-state index in [0.717, 1.165) is 10.6 Å². The number of amides is 2. The maximum absolute atomic E-state index is 12.7. The van der Waals surface area contributed by atoms with E-state index in [1.54, 1.807) is 28.9 Å². The van der Waals surface area contributed by atoms with Crippen molar-refractivity contribution in [2.45, 2.75) is 30.9 Å². The fraction of sp³-hybridized carbons (Fsp3) is 0.500.